The van der Waals surface area contributed by atoms with E-state index in [0.29, 0.717) is 33.1 Å². The van der Waals surface area contributed by atoms with Crippen LogP contribution in [0.3, 0.4) is 0 Å². The molecule has 1 atom stereocenters. The average molecular weight is 534 g/mol. The molecule has 198 valence electrons. The molecule has 0 radical (unpaired) electrons. The maximum absolute atomic E-state index is 13.9. The van der Waals surface area contributed by atoms with Gasteiger partial charge in [-0.05, 0) is 99.0 Å². The molecule has 0 bridgehead atoms. The van der Waals surface area contributed by atoms with Gasteiger partial charge in [0.25, 0.3) is 0 Å². The Kier molecular flexibility index (Phi) is 7.68. The zero-order valence-electron chi connectivity index (χ0n) is 21.9. The summed E-state index contributed by atoms with van der Waals surface area (Å²) in [6.07, 6.45) is 3.60. The molecular formula is C31H32FNO4S. The van der Waals surface area contributed by atoms with Crippen LogP contribution in [0.25, 0.3) is 10.1 Å². The number of likely N-dealkylation sites (tertiary alicyclic amines) is 1. The number of aryl methyl sites for hydroxylation is 2. The molecule has 5 rings (SSSR count). The monoisotopic (exact) mass is 533 g/mol. The van der Waals surface area contributed by atoms with Gasteiger partial charge in [-0.3, -0.25) is 9.69 Å². The van der Waals surface area contributed by atoms with Crippen LogP contribution in [-0.2, 0) is 0 Å². The number of phenols is 1. The lowest BCUT2D eigenvalue weighted by molar-refractivity contribution is 0.103. The van der Waals surface area contributed by atoms with Crippen molar-refractivity contribution in [3.63, 3.8) is 0 Å². The quantitative estimate of drug-likeness (QED) is 0.224. The minimum atomic E-state index is -0.372. The standard InChI is InChI=1S/C31H32FNO4S/c1-4-5-13-33-14-12-25(18-33)36-23-7-9-24(10-8-23)37-30-26-11-6-22(34)17-27(26)38-31(30)29(35)28-19(2)15-21(32)16-20(28)3/h6-11,15-17,25,34H,4-5,12-14,18H2,1-3H3/t25-/m1/s1. The van der Waals surface area contributed by atoms with Gasteiger partial charge in [0.05, 0.1) is 0 Å². The third-order valence-electron chi connectivity index (χ3n) is 6.96. The fourth-order valence-corrected chi connectivity index (χ4v) is 6.18. The summed E-state index contributed by atoms with van der Waals surface area (Å²) >= 11 is 1.25. The highest BCUT2D eigenvalue weighted by Gasteiger charge is 2.26. The summed E-state index contributed by atoms with van der Waals surface area (Å²) in [6.45, 7) is 8.80. The van der Waals surface area contributed by atoms with Crippen molar-refractivity contribution < 1.29 is 23.8 Å². The fourth-order valence-electron chi connectivity index (χ4n) is 5.07. The van der Waals surface area contributed by atoms with Gasteiger partial charge in [0.2, 0.25) is 5.78 Å². The zero-order chi connectivity index (χ0) is 26.8. The third-order valence-corrected chi connectivity index (χ3v) is 8.09. The summed E-state index contributed by atoms with van der Waals surface area (Å²) in [5, 5.41) is 10.8. The molecule has 0 amide bonds. The van der Waals surface area contributed by atoms with Crippen molar-refractivity contribution in [2.24, 2.45) is 0 Å². The summed E-state index contributed by atoms with van der Waals surface area (Å²) in [7, 11) is 0. The second-order valence-corrected chi connectivity index (χ2v) is 11.0. The average Bonchev–Trinajstić information content (AvgIpc) is 3.47. The minimum Gasteiger partial charge on any atom is -0.508 e. The Morgan fingerprint density at radius 2 is 1.79 bits per heavy atom. The first-order chi connectivity index (χ1) is 18.3. The van der Waals surface area contributed by atoms with Gasteiger partial charge >= 0.3 is 0 Å². The lowest BCUT2D eigenvalue weighted by Crippen LogP contribution is -2.25. The molecule has 0 spiro atoms. The molecule has 4 aromatic rings. The van der Waals surface area contributed by atoms with E-state index >= 15 is 0 Å². The number of carbonyl (C=O) groups excluding carboxylic acids is 1. The van der Waals surface area contributed by atoms with Crippen molar-refractivity contribution in [1.82, 2.24) is 4.90 Å². The van der Waals surface area contributed by atoms with Crippen molar-refractivity contribution in [2.75, 3.05) is 19.6 Å². The number of carbonyl (C=O) groups is 1. The van der Waals surface area contributed by atoms with E-state index in [2.05, 4.69) is 11.8 Å². The predicted octanol–water partition coefficient (Wildman–Crippen LogP) is 7.64. The largest absolute Gasteiger partial charge is 0.508 e. The molecule has 0 saturated carbocycles. The van der Waals surface area contributed by atoms with Gasteiger partial charge in [-0.1, -0.05) is 13.3 Å². The Morgan fingerprint density at radius 1 is 1.08 bits per heavy atom. The van der Waals surface area contributed by atoms with Gasteiger partial charge in [-0.25, -0.2) is 4.39 Å². The molecule has 1 saturated heterocycles. The molecule has 1 aliphatic rings. The Hall–Kier alpha value is -3.42. The lowest BCUT2D eigenvalue weighted by atomic mass is 9.97. The van der Waals surface area contributed by atoms with Crippen molar-refractivity contribution >= 4 is 27.2 Å². The number of fused-ring (bicyclic) bond motifs is 1. The van der Waals surface area contributed by atoms with E-state index < -0.39 is 0 Å². The molecule has 0 aliphatic carbocycles. The van der Waals surface area contributed by atoms with Crippen LogP contribution in [0.1, 0.15) is 52.5 Å². The number of phenolic OH excluding ortho intramolecular Hbond substituents is 1. The molecule has 7 heteroatoms. The molecule has 1 aromatic heterocycles. The van der Waals surface area contributed by atoms with Crippen molar-refractivity contribution in [2.45, 2.75) is 46.1 Å². The third kappa shape index (κ3) is 5.54. The van der Waals surface area contributed by atoms with Crippen LogP contribution >= 0.6 is 11.3 Å². The molecule has 1 aliphatic heterocycles. The van der Waals surface area contributed by atoms with Crippen LogP contribution in [0.2, 0.25) is 0 Å². The maximum Gasteiger partial charge on any atom is 0.207 e. The number of hydrogen-bond donors (Lipinski definition) is 1. The van der Waals surface area contributed by atoms with E-state index in [4.69, 9.17) is 9.47 Å². The molecule has 0 unspecified atom stereocenters. The highest BCUT2D eigenvalue weighted by atomic mass is 32.1. The summed E-state index contributed by atoms with van der Waals surface area (Å²) in [5.74, 6) is 1.29. The fraction of sp³-hybridized carbons (Fsp3) is 0.323. The highest BCUT2D eigenvalue weighted by molar-refractivity contribution is 7.21. The summed E-state index contributed by atoms with van der Waals surface area (Å²) in [4.78, 5) is 16.6. The first kappa shape index (κ1) is 26.2. The number of rotatable bonds is 9. The van der Waals surface area contributed by atoms with Crippen LogP contribution in [0, 0.1) is 19.7 Å². The second-order valence-electron chi connectivity index (χ2n) is 9.94. The van der Waals surface area contributed by atoms with Gasteiger partial charge in [-0.15, -0.1) is 11.3 Å². The minimum absolute atomic E-state index is 0.111. The Labute approximate surface area is 226 Å². The Balaban J connectivity index is 1.40. The molecule has 5 nitrogen and oxygen atoms in total. The summed E-state index contributed by atoms with van der Waals surface area (Å²) in [5.41, 5.74) is 1.60. The van der Waals surface area contributed by atoms with E-state index in [1.165, 1.54) is 36.3 Å². The molecule has 1 N–H and O–H groups in total. The second kappa shape index (κ2) is 11.1. The molecule has 2 heterocycles. The Morgan fingerprint density at radius 3 is 2.50 bits per heavy atom. The first-order valence-electron chi connectivity index (χ1n) is 13.1. The zero-order valence-corrected chi connectivity index (χ0v) is 22.7. The molecule has 38 heavy (non-hydrogen) atoms. The summed E-state index contributed by atoms with van der Waals surface area (Å²) in [6, 6.07) is 15.1. The number of benzene rings is 3. The number of ether oxygens (including phenoxy) is 2. The highest BCUT2D eigenvalue weighted by Crippen LogP contribution is 2.43. The smallest absolute Gasteiger partial charge is 0.207 e. The number of ketones is 1. The van der Waals surface area contributed by atoms with Crippen LogP contribution < -0.4 is 9.47 Å². The van der Waals surface area contributed by atoms with Gasteiger partial charge in [0, 0.05) is 28.7 Å². The van der Waals surface area contributed by atoms with Crippen molar-refractivity contribution in [1.29, 1.82) is 0 Å². The number of thiophene rings is 1. The normalized spacial score (nSPS) is 15.7. The summed E-state index contributed by atoms with van der Waals surface area (Å²) < 4.78 is 27.2. The van der Waals surface area contributed by atoms with E-state index in [1.54, 1.807) is 32.0 Å². The van der Waals surface area contributed by atoms with Gasteiger partial charge in [0.15, 0.2) is 5.75 Å². The van der Waals surface area contributed by atoms with Crippen LogP contribution in [0.4, 0.5) is 4.39 Å². The van der Waals surface area contributed by atoms with Gasteiger partial charge in [-0.2, -0.15) is 0 Å². The van der Waals surface area contributed by atoms with E-state index in [-0.39, 0.29) is 23.5 Å². The maximum atomic E-state index is 13.9. The van der Waals surface area contributed by atoms with Gasteiger partial charge < -0.3 is 14.6 Å². The van der Waals surface area contributed by atoms with Crippen molar-refractivity contribution in [3.05, 3.63) is 82.0 Å². The molecular weight excluding hydrogens is 501 g/mol. The van der Waals surface area contributed by atoms with E-state index in [0.717, 1.165) is 41.9 Å². The number of halogens is 1. The number of unbranched alkanes of at least 4 members (excludes halogenated alkanes) is 1. The predicted molar refractivity (Wildman–Crippen MR) is 150 cm³/mol. The Bertz CT molecular complexity index is 1440. The van der Waals surface area contributed by atoms with Crippen LogP contribution in [0.5, 0.6) is 23.0 Å². The van der Waals surface area contributed by atoms with Gasteiger partial charge in [0.1, 0.15) is 34.0 Å². The van der Waals surface area contributed by atoms with Crippen LogP contribution in [0.15, 0.2) is 54.6 Å². The van der Waals surface area contributed by atoms with E-state index in [9.17, 15) is 14.3 Å². The number of aromatic hydroxyl groups is 1. The SMILES string of the molecule is CCCCN1CC[C@@H](Oc2ccc(Oc3c(C(=O)c4c(C)cc(F)cc4C)sc4cc(O)ccc34)cc2)C1. The lowest BCUT2D eigenvalue weighted by Gasteiger charge is -2.17. The topological polar surface area (TPSA) is 59.0 Å². The number of nitrogens with zero attached hydrogens (tertiary/aromatic N) is 1. The van der Waals surface area contributed by atoms with Crippen molar-refractivity contribution in [3.8, 4) is 23.0 Å². The van der Waals surface area contributed by atoms with Crippen LogP contribution in [-0.4, -0.2) is 41.5 Å². The van der Waals surface area contributed by atoms with E-state index in [1.807, 2.05) is 24.3 Å². The first-order valence-corrected chi connectivity index (χ1v) is 13.9. The molecule has 3 aromatic carbocycles. The number of hydrogen-bond acceptors (Lipinski definition) is 6. The molecule has 1 fully saturated rings.